The molecule has 32 heavy (non-hydrogen) atoms. The number of anilines is 1. The van der Waals surface area contributed by atoms with E-state index in [4.69, 9.17) is 5.73 Å². The lowest BCUT2D eigenvalue weighted by Crippen LogP contribution is -2.35. The number of carbonyl (C=O) groups is 1. The van der Waals surface area contributed by atoms with Crippen molar-refractivity contribution in [3.05, 3.63) is 65.9 Å². The van der Waals surface area contributed by atoms with Gasteiger partial charge in [-0.25, -0.2) is 13.3 Å². The third-order valence-electron chi connectivity index (χ3n) is 5.19. The van der Waals surface area contributed by atoms with Crippen LogP contribution in [0.25, 0.3) is 16.8 Å². The molecule has 0 aliphatic rings. The number of aromatic nitrogens is 5. The summed E-state index contributed by atoms with van der Waals surface area (Å²) in [6.45, 7) is 2.90. The van der Waals surface area contributed by atoms with Crippen LogP contribution >= 0.6 is 0 Å². The lowest BCUT2D eigenvalue weighted by atomic mass is 10.0. The van der Waals surface area contributed by atoms with E-state index < -0.39 is 18.6 Å². The van der Waals surface area contributed by atoms with Gasteiger partial charge >= 0.3 is 0 Å². The summed E-state index contributed by atoms with van der Waals surface area (Å²) in [5.41, 5.74) is 8.67. The molecule has 3 N–H and O–H groups in total. The van der Waals surface area contributed by atoms with E-state index in [2.05, 4.69) is 20.5 Å². The van der Waals surface area contributed by atoms with E-state index in [0.717, 1.165) is 17.5 Å². The first kappa shape index (κ1) is 21.4. The largest absolute Gasteiger partial charge is 0.366 e. The first-order chi connectivity index (χ1) is 15.4. The van der Waals surface area contributed by atoms with Crippen molar-refractivity contribution in [3.63, 3.8) is 0 Å². The van der Waals surface area contributed by atoms with Crippen LogP contribution in [0.3, 0.4) is 0 Å². The predicted molar refractivity (Wildman–Crippen MR) is 116 cm³/mol. The van der Waals surface area contributed by atoms with Crippen LogP contribution in [0.2, 0.25) is 0 Å². The van der Waals surface area contributed by atoms with Crippen LogP contribution in [0, 0.1) is 5.82 Å². The molecule has 0 spiro atoms. The molecule has 0 aliphatic heterocycles. The maximum absolute atomic E-state index is 13.3. The maximum Gasteiger partial charge on any atom is 0.270 e. The Morgan fingerprint density at radius 2 is 1.97 bits per heavy atom. The van der Waals surface area contributed by atoms with Gasteiger partial charge in [0.05, 0.1) is 18.3 Å². The van der Waals surface area contributed by atoms with Crippen molar-refractivity contribution >= 4 is 17.5 Å². The van der Waals surface area contributed by atoms with E-state index in [0.29, 0.717) is 11.2 Å². The summed E-state index contributed by atoms with van der Waals surface area (Å²) in [6.07, 6.45) is 4.29. The number of nitrogens with zero attached hydrogens (tertiary/aromatic N) is 5. The Morgan fingerprint density at radius 1 is 1.22 bits per heavy atom. The molecule has 1 aromatic carbocycles. The number of pyridine rings is 1. The second kappa shape index (κ2) is 8.74. The minimum absolute atomic E-state index is 0.0211. The molecule has 3 heterocycles. The van der Waals surface area contributed by atoms with E-state index in [9.17, 15) is 13.6 Å². The van der Waals surface area contributed by atoms with Crippen molar-refractivity contribution in [2.75, 3.05) is 12.4 Å². The number of carbonyl (C=O) groups excluding carboxylic acids is 1. The summed E-state index contributed by atoms with van der Waals surface area (Å²) < 4.78 is 29.3. The summed E-state index contributed by atoms with van der Waals surface area (Å²) in [5.74, 6) is -0.761. The molecule has 4 rings (SSSR count). The van der Waals surface area contributed by atoms with Gasteiger partial charge in [0.2, 0.25) is 5.95 Å². The van der Waals surface area contributed by atoms with Crippen LogP contribution < -0.4 is 11.1 Å². The number of halogens is 2. The van der Waals surface area contributed by atoms with Crippen molar-refractivity contribution < 1.29 is 13.6 Å². The zero-order valence-electron chi connectivity index (χ0n) is 17.7. The second-order valence-corrected chi connectivity index (χ2v) is 7.58. The number of alkyl halides is 1. The number of hydrogen-bond acceptors (Lipinski definition) is 5. The fraction of sp³-hybridized carbons (Fsp3) is 0.273. The highest BCUT2D eigenvalue weighted by molar-refractivity contribution is 5.95. The molecule has 1 unspecified atom stereocenters. The molecule has 0 saturated carbocycles. The van der Waals surface area contributed by atoms with E-state index in [-0.39, 0.29) is 23.5 Å². The molecular formula is C22H23F2N7O. The molecule has 0 saturated heterocycles. The van der Waals surface area contributed by atoms with E-state index in [1.807, 2.05) is 13.1 Å². The number of amides is 1. The highest BCUT2D eigenvalue weighted by Gasteiger charge is 2.19. The lowest BCUT2D eigenvalue weighted by molar-refractivity contribution is 0.0926. The minimum Gasteiger partial charge on any atom is -0.366 e. The SMILES string of the molecule is CC[C@@H](c1ccc(F)cc1)n1cc(-c2cc(C(=O)NC(C)CF)n3nc(N)nc3c2)cn1. The molecule has 4 aromatic rings. The van der Waals surface area contributed by atoms with Crippen molar-refractivity contribution in [1.82, 2.24) is 29.7 Å². The van der Waals surface area contributed by atoms with Gasteiger partial charge < -0.3 is 11.1 Å². The number of benzene rings is 1. The lowest BCUT2D eigenvalue weighted by Gasteiger charge is -2.16. The topological polar surface area (TPSA) is 103 Å². The Balaban J connectivity index is 1.73. The fourth-order valence-corrected chi connectivity index (χ4v) is 3.58. The summed E-state index contributed by atoms with van der Waals surface area (Å²) in [5, 5.41) is 11.2. The maximum atomic E-state index is 13.3. The van der Waals surface area contributed by atoms with Crippen LogP contribution in [0.15, 0.2) is 48.8 Å². The molecule has 0 aliphatic carbocycles. The van der Waals surface area contributed by atoms with Gasteiger partial charge in [0, 0.05) is 11.8 Å². The Bertz CT molecular complexity index is 1250. The van der Waals surface area contributed by atoms with Gasteiger partial charge in [0.15, 0.2) is 5.65 Å². The molecule has 0 radical (unpaired) electrons. The zero-order chi connectivity index (χ0) is 22.8. The van der Waals surface area contributed by atoms with Crippen LogP contribution in [0.4, 0.5) is 14.7 Å². The second-order valence-electron chi connectivity index (χ2n) is 7.58. The van der Waals surface area contributed by atoms with Gasteiger partial charge in [0.1, 0.15) is 18.2 Å². The Labute approximate surface area is 183 Å². The van der Waals surface area contributed by atoms with Crippen molar-refractivity contribution in [1.29, 1.82) is 0 Å². The molecule has 1 amide bonds. The molecule has 8 nitrogen and oxygen atoms in total. The molecule has 166 valence electrons. The van der Waals surface area contributed by atoms with Gasteiger partial charge in [-0.1, -0.05) is 19.1 Å². The third kappa shape index (κ3) is 4.16. The first-order valence-corrected chi connectivity index (χ1v) is 10.2. The van der Waals surface area contributed by atoms with E-state index in [1.54, 1.807) is 42.1 Å². The fourth-order valence-electron chi connectivity index (χ4n) is 3.58. The van der Waals surface area contributed by atoms with Crippen LogP contribution in [-0.4, -0.2) is 43.0 Å². The van der Waals surface area contributed by atoms with Crippen LogP contribution in [0.1, 0.15) is 42.4 Å². The number of nitrogen functional groups attached to an aromatic ring is 1. The Morgan fingerprint density at radius 3 is 2.66 bits per heavy atom. The van der Waals surface area contributed by atoms with Crippen LogP contribution in [-0.2, 0) is 0 Å². The van der Waals surface area contributed by atoms with E-state index >= 15 is 0 Å². The molecular weight excluding hydrogens is 416 g/mol. The van der Waals surface area contributed by atoms with Gasteiger partial charge in [-0.3, -0.25) is 9.48 Å². The smallest absolute Gasteiger partial charge is 0.270 e. The Hall–Kier alpha value is -3.82. The summed E-state index contributed by atoms with van der Waals surface area (Å²) >= 11 is 0. The number of fused-ring (bicyclic) bond motifs is 1. The number of rotatable bonds is 7. The van der Waals surface area contributed by atoms with Gasteiger partial charge in [-0.2, -0.15) is 10.1 Å². The van der Waals surface area contributed by atoms with E-state index in [1.165, 1.54) is 16.6 Å². The molecule has 0 bridgehead atoms. The standard InChI is InChI=1S/C22H23F2N7O/c1-3-18(14-4-6-17(24)7-5-14)30-12-16(11-26-30)15-8-19(21(32)27-13(2)10-23)31-20(9-15)28-22(25)29-31/h4-9,11-13,18H,3,10H2,1-2H3,(H2,25,29)(H,27,32)/t13?,18-/m0/s1. The Kier molecular flexibility index (Phi) is 5.85. The highest BCUT2D eigenvalue weighted by atomic mass is 19.1. The normalized spacial score (nSPS) is 13.2. The quantitative estimate of drug-likeness (QED) is 0.459. The predicted octanol–water partition coefficient (Wildman–Crippen LogP) is 3.40. The molecule has 2 atom stereocenters. The average molecular weight is 439 g/mol. The third-order valence-corrected chi connectivity index (χ3v) is 5.19. The van der Waals surface area contributed by atoms with Gasteiger partial charge in [-0.15, -0.1) is 5.10 Å². The zero-order valence-corrected chi connectivity index (χ0v) is 17.7. The summed E-state index contributed by atoms with van der Waals surface area (Å²) in [4.78, 5) is 16.9. The number of nitrogens with one attached hydrogen (secondary N) is 1. The highest BCUT2D eigenvalue weighted by Crippen LogP contribution is 2.27. The summed E-state index contributed by atoms with van der Waals surface area (Å²) in [6, 6.07) is 9.00. The molecule has 10 heteroatoms. The van der Waals surface area contributed by atoms with Gasteiger partial charge in [0.25, 0.3) is 5.91 Å². The first-order valence-electron chi connectivity index (χ1n) is 10.2. The van der Waals surface area contributed by atoms with Crippen molar-refractivity contribution in [3.8, 4) is 11.1 Å². The number of nitrogens with two attached hydrogens (primary N) is 1. The molecule has 3 aromatic heterocycles. The minimum atomic E-state index is -0.692. The summed E-state index contributed by atoms with van der Waals surface area (Å²) in [7, 11) is 0. The number of hydrogen-bond donors (Lipinski definition) is 2. The van der Waals surface area contributed by atoms with Crippen molar-refractivity contribution in [2.45, 2.75) is 32.4 Å². The monoisotopic (exact) mass is 439 g/mol. The average Bonchev–Trinajstić information content (AvgIpc) is 3.40. The molecule has 0 fully saturated rings. The van der Waals surface area contributed by atoms with Crippen LogP contribution in [0.5, 0.6) is 0 Å². The van der Waals surface area contributed by atoms with Gasteiger partial charge in [-0.05, 0) is 48.7 Å². The van der Waals surface area contributed by atoms with Crippen molar-refractivity contribution in [2.24, 2.45) is 0 Å².